The number of aryl methyl sites for hydroxylation is 1. The molecule has 0 spiro atoms. The molecule has 0 bridgehead atoms. The van der Waals surface area contributed by atoms with E-state index in [1.54, 1.807) is 12.1 Å². The predicted molar refractivity (Wildman–Crippen MR) is 79.6 cm³/mol. The van der Waals surface area contributed by atoms with E-state index in [0.717, 1.165) is 29.7 Å². The predicted octanol–water partition coefficient (Wildman–Crippen LogP) is 3.23. The smallest absolute Gasteiger partial charge is 0.409 e. The van der Waals surface area contributed by atoms with Crippen molar-refractivity contribution in [2.24, 2.45) is 0 Å². The van der Waals surface area contributed by atoms with Gasteiger partial charge in [-0.1, -0.05) is 0 Å². The minimum atomic E-state index is -1.06. The van der Waals surface area contributed by atoms with Gasteiger partial charge >= 0.3 is 6.09 Å². The van der Waals surface area contributed by atoms with E-state index in [-0.39, 0.29) is 0 Å². The zero-order valence-electron chi connectivity index (χ0n) is 11.4. The molecule has 5 heteroatoms. The van der Waals surface area contributed by atoms with E-state index in [9.17, 15) is 4.79 Å². The number of hydrogen-bond acceptors (Lipinski definition) is 3. The third-order valence-electron chi connectivity index (χ3n) is 3.61. The zero-order chi connectivity index (χ0) is 14.1. The maximum Gasteiger partial charge on any atom is 0.409 e. The van der Waals surface area contributed by atoms with Crippen LogP contribution >= 0.6 is 0 Å². The van der Waals surface area contributed by atoms with Gasteiger partial charge in [0.1, 0.15) is 0 Å². The summed E-state index contributed by atoms with van der Waals surface area (Å²) >= 11 is 0. The minimum Gasteiger partial charge on any atom is -0.465 e. The Morgan fingerprint density at radius 2 is 2.05 bits per heavy atom. The quantitative estimate of drug-likeness (QED) is 0.880. The van der Waals surface area contributed by atoms with Crippen LogP contribution < -0.4 is 10.2 Å². The van der Waals surface area contributed by atoms with E-state index >= 15 is 0 Å². The van der Waals surface area contributed by atoms with Crippen molar-refractivity contribution in [1.29, 1.82) is 0 Å². The Labute approximate surface area is 117 Å². The van der Waals surface area contributed by atoms with Gasteiger partial charge in [-0.15, -0.1) is 0 Å². The normalized spacial score (nSPS) is 14.8. The third-order valence-corrected chi connectivity index (χ3v) is 3.61. The van der Waals surface area contributed by atoms with Gasteiger partial charge in [-0.25, -0.2) is 4.79 Å². The highest BCUT2D eigenvalue weighted by molar-refractivity contribution is 5.95. The van der Waals surface area contributed by atoms with Crippen LogP contribution in [0.15, 0.2) is 24.3 Å². The molecular formula is C15H17N3O2. The van der Waals surface area contributed by atoms with Crippen molar-refractivity contribution in [3.8, 4) is 0 Å². The van der Waals surface area contributed by atoms with E-state index in [4.69, 9.17) is 5.11 Å². The average molecular weight is 271 g/mol. The molecule has 2 N–H and O–H groups in total. The molecule has 1 aliphatic heterocycles. The lowest BCUT2D eigenvalue weighted by Crippen LogP contribution is -2.18. The summed E-state index contributed by atoms with van der Waals surface area (Å²) in [6.45, 7) is 4.12. The second kappa shape index (κ2) is 5.00. The largest absolute Gasteiger partial charge is 0.465 e. The fraction of sp³-hybridized carbons (Fsp3) is 0.333. The van der Waals surface area contributed by atoms with E-state index in [0.29, 0.717) is 5.69 Å². The summed E-state index contributed by atoms with van der Waals surface area (Å²) in [4.78, 5) is 17.6. The van der Waals surface area contributed by atoms with Gasteiger partial charge < -0.3 is 10.0 Å². The van der Waals surface area contributed by atoms with E-state index in [1.807, 2.05) is 13.0 Å². The molecule has 1 aromatic heterocycles. The van der Waals surface area contributed by atoms with Crippen LogP contribution in [0.5, 0.6) is 0 Å². The first-order valence-corrected chi connectivity index (χ1v) is 6.80. The molecular weight excluding hydrogens is 254 g/mol. The van der Waals surface area contributed by atoms with Crippen LogP contribution in [0.4, 0.5) is 16.2 Å². The molecule has 1 aliphatic rings. The molecule has 0 atom stereocenters. The molecule has 1 fully saturated rings. The van der Waals surface area contributed by atoms with Crippen molar-refractivity contribution in [2.45, 2.75) is 19.8 Å². The summed E-state index contributed by atoms with van der Waals surface area (Å²) in [5.41, 5.74) is 3.53. The molecule has 3 rings (SSSR count). The molecule has 1 aromatic carbocycles. The third kappa shape index (κ3) is 2.39. The second-order valence-electron chi connectivity index (χ2n) is 5.14. The number of carbonyl (C=O) groups is 1. The number of aromatic nitrogens is 1. The number of amides is 1. The highest BCUT2D eigenvalue weighted by Gasteiger charge is 2.16. The molecule has 104 valence electrons. The Balaban J connectivity index is 2.09. The Morgan fingerprint density at radius 1 is 1.30 bits per heavy atom. The number of rotatable bonds is 2. The summed E-state index contributed by atoms with van der Waals surface area (Å²) in [6.07, 6.45) is 1.39. The van der Waals surface area contributed by atoms with Gasteiger partial charge in [-0.05, 0) is 44.0 Å². The SMILES string of the molecule is Cc1cc(N2CCCC2)c2ccc(NC(=O)O)cc2n1. The van der Waals surface area contributed by atoms with Crippen molar-refractivity contribution in [3.05, 3.63) is 30.0 Å². The van der Waals surface area contributed by atoms with E-state index in [2.05, 4.69) is 21.3 Å². The second-order valence-corrected chi connectivity index (χ2v) is 5.14. The topological polar surface area (TPSA) is 65.5 Å². The highest BCUT2D eigenvalue weighted by Crippen LogP contribution is 2.30. The van der Waals surface area contributed by atoms with Crippen LogP contribution in [0.1, 0.15) is 18.5 Å². The lowest BCUT2D eigenvalue weighted by molar-refractivity contribution is 0.210. The summed E-state index contributed by atoms with van der Waals surface area (Å²) in [6, 6.07) is 7.63. The molecule has 0 aliphatic carbocycles. The van der Waals surface area contributed by atoms with E-state index in [1.165, 1.54) is 18.5 Å². The van der Waals surface area contributed by atoms with Crippen LogP contribution in [0.25, 0.3) is 10.9 Å². The monoisotopic (exact) mass is 271 g/mol. The van der Waals surface area contributed by atoms with Crippen molar-refractivity contribution >= 4 is 28.4 Å². The molecule has 0 radical (unpaired) electrons. The first-order chi connectivity index (χ1) is 9.63. The van der Waals surface area contributed by atoms with Gasteiger partial charge in [0.25, 0.3) is 0 Å². The van der Waals surface area contributed by atoms with E-state index < -0.39 is 6.09 Å². The summed E-state index contributed by atoms with van der Waals surface area (Å²) in [5, 5.41) is 12.2. The number of pyridine rings is 1. The standard InChI is InChI=1S/C15H17N3O2/c1-10-8-14(18-6-2-3-7-18)12-5-4-11(17-15(19)20)9-13(12)16-10/h4-5,8-9,17H,2-3,6-7H2,1H3,(H,19,20). The number of benzene rings is 1. The van der Waals surface area contributed by atoms with Gasteiger partial charge in [-0.3, -0.25) is 10.3 Å². The van der Waals surface area contributed by atoms with Gasteiger partial charge in [0.05, 0.1) is 5.52 Å². The summed E-state index contributed by atoms with van der Waals surface area (Å²) < 4.78 is 0. The first-order valence-electron chi connectivity index (χ1n) is 6.80. The van der Waals surface area contributed by atoms with Gasteiger partial charge in [0.2, 0.25) is 0 Å². The molecule has 0 saturated carbocycles. The number of fused-ring (bicyclic) bond motifs is 1. The van der Waals surface area contributed by atoms with Gasteiger partial charge in [-0.2, -0.15) is 0 Å². The Bertz CT molecular complexity index is 663. The highest BCUT2D eigenvalue weighted by atomic mass is 16.4. The molecule has 2 aromatic rings. The molecule has 1 saturated heterocycles. The Kier molecular flexibility index (Phi) is 3.18. The first kappa shape index (κ1) is 12.7. The maximum atomic E-state index is 10.7. The van der Waals surface area contributed by atoms with Crippen LogP contribution in [0, 0.1) is 6.92 Å². The minimum absolute atomic E-state index is 0.551. The fourth-order valence-corrected chi connectivity index (χ4v) is 2.76. The zero-order valence-corrected chi connectivity index (χ0v) is 11.4. The van der Waals surface area contributed by atoms with Crippen LogP contribution in [-0.4, -0.2) is 29.3 Å². The van der Waals surface area contributed by atoms with Crippen molar-refractivity contribution < 1.29 is 9.90 Å². The molecule has 0 unspecified atom stereocenters. The summed E-state index contributed by atoms with van der Waals surface area (Å²) in [5.74, 6) is 0. The molecule has 5 nitrogen and oxygen atoms in total. The van der Waals surface area contributed by atoms with Crippen LogP contribution in [-0.2, 0) is 0 Å². The number of carboxylic acid groups (broad SMARTS) is 1. The number of nitrogens with one attached hydrogen (secondary N) is 1. The molecule has 1 amide bonds. The number of anilines is 2. The van der Waals surface area contributed by atoms with Crippen LogP contribution in [0.2, 0.25) is 0 Å². The lowest BCUT2D eigenvalue weighted by Gasteiger charge is -2.20. The van der Waals surface area contributed by atoms with Crippen molar-refractivity contribution in [1.82, 2.24) is 4.98 Å². The van der Waals surface area contributed by atoms with Crippen LogP contribution in [0.3, 0.4) is 0 Å². The number of nitrogens with zero attached hydrogens (tertiary/aromatic N) is 2. The number of hydrogen-bond donors (Lipinski definition) is 2. The fourth-order valence-electron chi connectivity index (χ4n) is 2.76. The molecule has 20 heavy (non-hydrogen) atoms. The maximum absolute atomic E-state index is 10.7. The van der Waals surface area contributed by atoms with Crippen molar-refractivity contribution in [2.75, 3.05) is 23.3 Å². The molecule has 2 heterocycles. The lowest BCUT2D eigenvalue weighted by atomic mass is 10.1. The Morgan fingerprint density at radius 3 is 2.75 bits per heavy atom. The van der Waals surface area contributed by atoms with Crippen molar-refractivity contribution in [3.63, 3.8) is 0 Å². The average Bonchev–Trinajstić information content (AvgIpc) is 2.90. The Hall–Kier alpha value is -2.30. The van der Waals surface area contributed by atoms with Gasteiger partial charge in [0.15, 0.2) is 0 Å². The van der Waals surface area contributed by atoms with Gasteiger partial charge in [0, 0.05) is 35.5 Å². The summed E-state index contributed by atoms with van der Waals surface area (Å²) in [7, 11) is 0.